The Morgan fingerprint density at radius 2 is 2.06 bits per heavy atom. The number of carboxylic acids is 1. The van der Waals surface area contributed by atoms with E-state index < -0.39 is 12.0 Å². The van der Waals surface area contributed by atoms with Crippen molar-refractivity contribution in [3.63, 3.8) is 0 Å². The summed E-state index contributed by atoms with van der Waals surface area (Å²) in [6.45, 7) is 4.00. The summed E-state index contributed by atoms with van der Waals surface area (Å²) in [5.74, 6) is -1.04. The summed E-state index contributed by atoms with van der Waals surface area (Å²) in [5, 5.41) is 11.2. The Kier molecular flexibility index (Phi) is 11.3. The van der Waals surface area contributed by atoms with E-state index in [1.165, 1.54) is 6.08 Å². The Hall–Kier alpha value is -1.07. The van der Waals surface area contributed by atoms with Crippen molar-refractivity contribution in [2.75, 3.05) is 6.54 Å². The van der Waals surface area contributed by atoms with Gasteiger partial charge in [0.2, 0.25) is 5.91 Å². The van der Waals surface area contributed by atoms with Crippen LogP contribution >= 0.6 is 12.4 Å². The largest absolute Gasteiger partial charge is 0.480 e. The fourth-order valence-corrected chi connectivity index (χ4v) is 1.04. The molecule has 16 heavy (non-hydrogen) atoms. The maximum Gasteiger partial charge on any atom is 0.320 e. The van der Waals surface area contributed by atoms with Crippen molar-refractivity contribution in [1.82, 2.24) is 5.32 Å². The molecule has 0 aliphatic rings. The molecule has 5 nitrogen and oxygen atoms in total. The monoisotopic (exact) mass is 250 g/mol. The minimum absolute atomic E-state index is 0. The first-order valence-electron chi connectivity index (χ1n) is 4.94. The number of nitrogens with two attached hydrogens (primary N) is 1. The van der Waals surface area contributed by atoms with Crippen LogP contribution in [-0.4, -0.2) is 29.6 Å². The van der Waals surface area contributed by atoms with Gasteiger partial charge in [-0.3, -0.25) is 9.59 Å². The number of hydrogen-bond acceptors (Lipinski definition) is 3. The van der Waals surface area contributed by atoms with E-state index in [1.807, 2.05) is 0 Å². The van der Waals surface area contributed by atoms with Crippen LogP contribution in [0, 0.1) is 0 Å². The summed E-state index contributed by atoms with van der Waals surface area (Å²) in [6.07, 6.45) is 3.72. The fourth-order valence-electron chi connectivity index (χ4n) is 1.04. The van der Waals surface area contributed by atoms with Gasteiger partial charge in [0.05, 0.1) is 0 Å². The first kappa shape index (κ1) is 17.3. The van der Waals surface area contributed by atoms with Gasteiger partial charge in [-0.05, 0) is 19.3 Å². The topological polar surface area (TPSA) is 92.4 Å². The van der Waals surface area contributed by atoms with Gasteiger partial charge in [0, 0.05) is 13.0 Å². The highest BCUT2D eigenvalue weighted by Crippen LogP contribution is 1.98. The minimum atomic E-state index is -0.981. The second kappa shape index (κ2) is 10.4. The molecule has 6 heteroatoms. The predicted molar refractivity (Wildman–Crippen MR) is 64.5 cm³/mol. The number of nitrogens with one attached hydrogen (secondary N) is 1. The van der Waals surface area contributed by atoms with Crippen LogP contribution in [0.4, 0.5) is 0 Å². The van der Waals surface area contributed by atoms with Gasteiger partial charge < -0.3 is 16.2 Å². The maximum atomic E-state index is 10.9. The van der Waals surface area contributed by atoms with Crippen LogP contribution < -0.4 is 11.1 Å². The van der Waals surface area contributed by atoms with E-state index >= 15 is 0 Å². The average molecular weight is 251 g/mol. The minimum Gasteiger partial charge on any atom is -0.480 e. The summed E-state index contributed by atoms with van der Waals surface area (Å²) >= 11 is 0. The van der Waals surface area contributed by atoms with Crippen molar-refractivity contribution < 1.29 is 14.7 Å². The highest BCUT2D eigenvalue weighted by Gasteiger charge is 2.09. The van der Waals surface area contributed by atoms with Gasteiger partial charge in [0.1, 0.15) is 6.04 Å². The fraction of sp³-hybridized carbons (Fsp3) is 0.600. The molecule has 1 atom stereocenters. The maximum absolute atomic E-state index is 10.9. The second-order valence-electron chi connectivity index (χ2n) is 3.28. The van der Waals surface area contributed by atoms with Gasteiger partial charge in [0.15, 0.2) is 0 Å². The summed E-state index contributed by atoms with van der Waals surface area (Å²) in [7, 11) is 0. The lowest BCUT2D eigenvalue weighted by Gasteiger charge is -2.06. The van der Waals surface area contributed by atoms with E-state index in [0.717, 1.165) is 6.42 Å². The Morgan fingerprint density at radius 1 is 1.44 bits per heavy atom. The summed E-state index contributed by atoms with van der Waals surface area (Å²) in [5.41, 5.74) is 5.31. The van der Waals surface area contributed by atoms with Crippen molar-refractivity contribution in [3.05, 3.63) is 12.7 Å². The molecule has 94 valence electrons. The third-order valence-corrected chi connectivity index (χ3v) is 1.91. The van der Waals surface area contributed by atoms with Crippen LogP contribution in [-0.2, 0) is 9.59 Å². The lowest BCUT2D eigenvalue weighted by atomic mass is 10.1. The SMILES string of the molecule is C=CCC(=O)NCCCC[C@H](N)C(=O)O.Cl. The standard InChI is InChI=1S/C10H18N2O3.ClH/c1-2-5-9(13)12-7-4-3-6-8(11)10(14)15;/h2,8H,1,3-7,11H2,(H,12,13)(H,14,15);1H/t8-;/m0./s1. The molecule has 0 aromatic carbocycles. The molecule has 0 aliphatic heterocycles. The van der Waals surface area contributed by atoms with Crippen LogP contribution in [0.5, 0.6) is 0 Å². The average Bonchev–Trinajstić information content (AvgIpc) is 2.17. The molecule has 0 rings (SSSR count). The number of carboxylic acid groups (broad SMARTS) is 1. The van der Waals surface area contributed by atoms with Crippen LogP contribution in [0.1, 0.15) is 25.7 Å². The van der Waals surface area contributed by atoms with Crippen molar-refractivity contribution in [2.45, 2.75) is 31.7 Å². The second-order valence-corrected chi connectivity index (χ2v) is 3.28. The normalized spacial score (nSPS) is 11.1. The van der Waals surface area contributed by atoms with Crippen molar-refractivity contribution in [1.29, 1.82) is 0 Å². The van der Waals surface area contributed by atoms with Crippen molar-refractivity contribution in [3.8, 4) is 0 Å². The summed E-state index contributed by atoms with van der Waals surface area (Å²) in [4.78, 5) is 21.3. The molecule has 0 radical (unpaired) electrons. The number of rotatable bonds is 8. The van der Waals surface area contributed by atoms with E-state index in [-0.39, 0.29) is 18.3 Å². The highest BCUT2D eigenvalue weighted by molar-refractivity contribution is 5.85. The number of halogens is 1. The molecule has 4 N–H and O–H groups in total. The zero-order valence-electron chi connectivity index (χ0n) is 9.15. The number of carbonyl (C=O) groups excluding carboxylic acids is 1. The van der Waals surface area contributed by atoms with E-state index in [2.05, 4.69) is 11.9 Å². The molecule has 0 aromatic heterocycles. The van der Waals surface area contributed by atoms with Crippen molar-refractivity contribution >= 4 is 24.3 Å². The molecular weight excluding hydrogens is 232 g/mol. The van der Waals surface area contributed by atoms with Gasteiger partial charge in [-0.2, -0.15) is 0 Å². The van der Waals surface area contributed by atoms with E-state index in [9.17, 15) is 9.59 Å². The Bertz CT molecular complexity index is 234. The summed E-state index contributed by atoms with van der Waals surface area (Å²) in [6, 6.07) is -0.797. The third kappa shape index (κ3) is 9.48. The molecule has 0 unspecified atom stereocenters. The third-order valence-electron chi connectivity index (χ3n) is 1.91. The van der Waals surface area contributed by atoms with Gasteiger partial charge in [-0.15, -0.1) is 19.0 Å². The number of carbonyl (C=O) groups is 2. The Balaban J connectivity index is 0. The van der Waals surface area contributed by atoms with E-state index in [1.54, 1.807) is 0 Å². The lowest BCUT2D eigenvalue weighted by molar-refractivity contribution is -0.138. The number of unbranched alkanes of at least 4 members (excludes halogenated alkanes) is 1. The van der Waals surface area contributed by atoms with Gasteiger partial charge in [-0.1, -0.05) is 6.08 Å². The van der Waals surface area contributed by atoms with Crippen LogP contribution in [0.3, 0.4) is 0 Å². The molecule has 0 saturated heterocycles. The Labute approximate surface area is 101 Å². The zero-order valence-corrected chi connectivity index (χ0v) is 9.96. The molecule has 0 aromatic rings. The molecule has 0 spiro atoms. The molecule has 0 fully saturated rings. The van der Waals surface area contributed by atoms with E-state index in [0.29, 0.717) is 25.8 Å². The molecule has 0 aliphatic carbocycles. The van der Waals surface area contributed by atoms with Gasteiger partial charge in [0.25, 0.3) is 0 Å². The smallest absolute Gasteiger partial charge is 0.320 e. The van der Waals surface area contributed by atoms with Crippen molar-refractivity contribution in [2.24, 2.45) is 5.73 Å². The van der Waals surface area contributed by atoms with Gasteiger partial charge in [-0.25, -0.2) is 0 Å². The molecule has 0 saturated carbocycles. The first-order valence-corrected chi connectivity index (χ1v) is 4.94. The first-order chi connectivity index (χ1) is 7.07. The van der Waals surface area contributed by atoms with Gasteiger partial charge >= 0.3 is 5.97 Å². The lowest BCUT2D eigenvalue weighted by Crippen LogP contribution is -2.30. The highest BCUT2D eigenvalue weighted by atomic mass is 35.5. The van der Waals surface area contributed by atoms with Crippen LogP contribution in [0.15, 0.2) is 12.7 Å². The Morgan fingerprint density at radius 3 is 2.56 bits per heavy atom. The predicted octanol–water partition coefficient (Wildman–Crippen LogP) is 0.683. The summed E-state index contributed by atoms with van der Waals surface area (Å²) < 4.78 is 0. The number of aliphatic carboxylic acids is 1. The van der Waals surface area contributed by atoms with Crippen LogP contribution in [0.2, 0.25) is 0 Å². The molecular formula is C10H19ClN2O3. The van der Waals surface area contributed by atoms with Crippen LogP contribution in [0.25, 0.3) is 0 Å². The van der Waals surface area contributed by atoms with E-state index in [4.69, 9.17) is 10.8 Å². The zero-order chi connectivity index (χ0) is 11.7. The molecule has 1 amide bonds. The molecule has 0 heterocycles. The molecule has 0 bridgehead atoms. The number of hydrogen-bond donors (Lipinski definition) is 3. The number of amides is 1. The quantitative estimate of drug-likeness (QED) is 0.436.